The SMILES string of the molecule is CC(C)C(NS(=O)(=O)/C=C/c1ccccc1)C(=O)OCc1cc([N+](=O)[O-])cc2c1OCOC2. The minimum Gasteiger partial charge on any atom is -0.467 e. The number of carbonyl (C=O) groups excluding carboxylic acids is 1. The maximum absolute atomic E-state index is 12.7. The lowest BCUT2D eigenvalue weighted by atomic mass is 10.1. The summed E-state index contributed by atoms with van der Waals surface area (Å²) >= 11 is 0. The van der Waals surface area contributed by atoms with Gasteiger partial charge >= 0.3 is 5.97 Å². The standard InChI is InChI=1S/C22H24N2O8S/c1-15(2)20(23-33(28,29)9-8-16-6-4-3-5-7-16)22(25)31-13-18-11-19(24(26)27)10-17-12-30-14-32-21(17)18/h3-11,15,20,23H,12-14H2,1-2H3/b9-8+. The van der Waals surface area contributed by atoms with E-state index in [-0.39, 0.29) is 25.7 Å². The van der Waals surface area contributed by atoms with E-state index in [0.717, 1.165) is 5.41 Å². The van der Waals surface area contributed by atoms with Gasteiger partial charge in [-0.2, -0.15) is 4.72 Å². The predicted octanol–water partition coefficient (Wildman–Crippen LogP) is 3.12. The van der Waals surface area contributed by atoms with Crippen molar-refractivity contribution in [2.45, 2.75) is 33.1 Å². The molecule has 0 fully saturated rings. The second-order valence-electron chi connectivity index (χ2n) is 7.67. The van der Waals surface area contributed by atoms with Crippen molar-refractivity contribution in [2.75, 3.05) is 6.79 Å². The first kappa shape index (κ1) is 24.4. The molecule has 0 radical (unpaired) electrons. The minimum absolute atomic E-state index is 0.0338. The van der Waals surface area contributed by atoms with Crippen molar-refractivity contribution >= 4 is 27.8 Å². The summed E-state index contributed by atoms with van der Waals surface area (Å²) in [4.78, 5) is 23.4. The van der Waals surface area contributed by atoms with Gasteiger partial charge in [0.05, 0.1) is 11.5 Å². The first-order valence-electron chi connectivity index (χ1n) is 10.1. The lowest BCUT2D eigenvalue weighted by molar-refractivity contribution is -0.385. The van der Waals surface area contributed by atoms with E-state index in [1.807, 2.05) is 6.07 Å². The molecule has 1 N–H and O–H groups in total. The van der Waals surface area contributed by atoms with Crippen molar-refractivity contribution in [3.05, 3.63) is 74.7 Å². The van der Waals surface area contributed by atoms with E-state index in [1.165, 1.54) is 18.2 Å². The molecule has 0 amide bonds. The first-order chi connectivity index (χ1) is 15.7. The number of nitrogens with one attached hydrogen (secondary N) is 1. The molecule has 2 aromatic carbocycles. The molecule has 1 aliphatic rings. The molecule has 176 valence electrons. The van der Waals surface area contributed by atoms with Gasteiger partial charge in [0.2, 0.25) is 10.0 Å². The zero-order chi connectivity index (χ0) is 24.0. The molecule has 3 rings (SSSR count). The lowest BCUT2D eigenvalue weighted by Gasteiger charge is -2.22. The molecule has 0 aliphatic carbocycles. The van der Waals surface area contributed by atoms with Crippen LogP contribution < -0.4 is 9.46 Å². The van der Waals surface area contributed by atoms with Gasteiger partial charge in [0.25, 0.3) is 5.69 Å². The average molecular weight is 477 g/mol. The van der Waals surface area contributed by atoms with E-state index in [4.69, 9.17) is 14.2 Å². The third kappa shape index (κ3) is 6.60. The number of rotatable bonds is 9. The van der Waals surface area contributed by atoms with Crippen molar-refractivity contribution < 1.29 is 32.3 Å². The molecule has 0 bridgehead atoms. The predicted molar refractivity (Wildman–Crippen MR) is 119 cm³/mol. The van der Waals surface area contributed by atoms with E-state index >= 15 is 0 Å². The Morgan fingerprint density at radius 3 is 2.67 bits per heavy atom. The molecule has 33 heavy (non-hydrogen) atoms. The summed E-state index contributed by atoms with van der Waals surface area (Å²) in [7, 11) is -3.95. The Hall–Kier alpha value is -3.28. The zero-order valence-corrected chi connectivity index (χ0v) is 18.9. The van der Waals surface area contributed by atoms with Gasteiger partial charge in [0.1, 0.15) is 18.4 Å². The number of ether oxygens (including phenoxy) is 3. The van der Waals surface area contributed by atoms with E-state index in [9.17, 15) is 23.3 Å². The highest BCUT2D eigenvalue weighted by molar-refractivity contribution is 7.92. The highest BCUT2D eigenvalue weighted by atomic mass is 32.2. The van der Waals surface area contributed by atoms with Gasteiger partial charge in [-0.1, -0.05) is 44.2 Å². The number of hydrogen-bond acceptors (Lipinski definition) is 8. The Balaban J connectivity index is 1.73. The first-order valence-corrected chi connectivity index (χ1v) is 11.6. The van der Waals surface area contributed by atoms with Gasteiger partial charge in [0, 0.05) is 28.7 Å². The van der Waals surface area contributed by atoms with Crippen LogP contribution in [0.25, 0.3) is 6.08 Å². The van der Waals surface area contributed by atoms with Crippen LogP contribution in [-0.4, -0.2) is 32.1 Å². The third-order valence-corrected chi connectivity index (χ3v) is 5.88. The van der Waals surface area contributed by atoms with E-state index < -0.39 is 32.9 Å². The van der Waals surface area contributed by atoms with E-state index in [0.29, 0.717) is 22.4 Å². The van der Waals surface area contributed by atoms with Crippen LogP contribution in [0, 0.1) is 16.0 Å². The average Bonchev–Trinajstić information content (AvgIpc) is 2.80. The Kier molecular flexibility index (Phi) is 7.79. The second-order valence-corrected chi connectivity index (χ2v) is 9.26. The van der Waals surface area contributed by atoms with Crippen molar-refractivity contribution in [1.82, 2.24) is 4.72 Å². The fraction of sp³-hybridized carbons (Fsp3) is 0.318. The molecular formula is C22H24N2O8S. The van der Waals surface area contributed by atoms with Crippen LogP contribution >= 0.6 is 0 Å². The number of carbonyl (C=O) groups is 1. The summed E-state index contributed by atoms with van der Waals surface area (Å²) in [5.41, 5.74) is 1.26. The van der Waals surface area contributed by atoms with Crippen molar-refractivity contribution in [3.63, 3.8) is 0 Å². The number of fused-ring (bicyclic) bond motifs is 1. The Morgan fingerprint density at radius 1 is 1.27 bits per heavy atom. The number of esters is 1. The molecule has 1 aliphatic heterocycles. The summed E-state index contributed by atoms with van der Waals surface area (Å²) in [5, 5.41) is 12.2. The molecule has 10 nitrogen and oxygen atoms in total. The normalized spacial score (nSPS) is 14.5. The molecule has 1 heterocycles. The van der Waals surface area contributed by atoms with Crippen LogP contribution in [0.4, 0.5) is 5.69 Å². The molecule has 2 aromatic rings. The van der Waals surface area contributed by atoms with Crippen LogP contribution in [-0.2, 0) is 37.5 Å². The minimum atomic E-state index is -3.95. The third-order valence-electron chi connectivity index (χ3n) is 4.80. The number of nitro benzene ring substituents is 1. The number of hydrogen-bond donors (Lipinski definition) is 1. The molecule has 1 unspecified atom stereocenters. The monoisotopic (exact) mass is 476 g/mol. The van der Waals surface area contributed by atoms with Crippen LogP contribution in [0.2, 0.25) is 0 Å². The van der Waals surface area contributed by atoms with Gasteiger partial charge in [-0.15, -0.1) is 0 Å². The number of non-ortho nitro benzene ring substituents is 1. The maximum Gasteiger partial charge on any atom is 0.324 e. The van der Waals surface area contributed by atoms with Crippen molar-refractivity contribution in [3.8, 4) is 5.75 Å². The fourth-order valence-electron chi connectivity index (χ4n) is 3.14. The highest BCUT2D eigenvalue weighted by Gasteiger charge is 2.29. The Bertz CT molecular complexity index is 1150. The molecule has 1 atom stereocenters. The van der Waals surface area contributed by atoms with Crippen molar-refractivity contribution in [1.29, 1.82) is 0 Å². The molecular weight excluding hydrogens is 452 g/mol. The lowest BCUT2D eigenvalue weighted by Crippen LogP contribution is -2.44. The molecule has 0 saturated heterocycles. The fourth-order valence-corrected chi connectivity index (χ4v) is 4.27. The smallest absolute Gasteiger partial charge is 0.324 e. The summed E-state index contributed by atoms with van der Waals surface area (Å²) in [6.07, 6.45) is 1.42. The van der Waals surface area contributed by atoms with Crippen LogP contribution in [0.1, 0.15) is 30.5 Å². The molecule has 0 spiro atoms. The molecule has 11 heteroatoms. The van der Waals surface area contributed by atoms with Crippen molar-refractivity contribution in [2.24, 2.45) is 5.92 Å². The number of benzene rings is 2. The van der Waals surface area contributed by atoms with E-state index in [1.54, 1.807) is 38.1 Å². The van der Waals surface area contributed by atoms with Gasteiger partial charge in [-0.25, -0.2) is 8.42 Å². The number of sulfonamides is 1. The van der Waals surface area contributed by atoms with Gasteiger partial charge in [-0.05, 0) is 17.6 Å². The van der Waals surface area contributed by atoms with E-state index in [2.05, 4.69) is 4.72 Å². The maximum atomic E-state index is 12.7. The summed E-state index contributed by atoms with van der Waals surface area (Å²) in [6, 6.07) is 10.3. The number of nitro groups is 1. The Labute approximate surface area is 191 Å². The largest absolute Gasteiger partial charge is 0.467 e. The Morgan fingerprint density at radius 2 is 2.00 bits per heavy atom. The topological polar surface area (TPSA) is 134 Å². The highest BCUT2D eigenvalue weighted by Crippen LogP contribution is 2.33. The summed E-state index contributed by atoms with van der Waals surface area (Å²) in [5.74, 6) is -0.873. The van der Waals surface area contributed by atoms with Gasteiger partial charge in [-0.3, -0.25) is 14.9 Å². The summed E-state index contributed by atoms with van der Waals surface area (Å²) in [6.45, 7) is 3.11. The number of nitrogens with zero attached hydrogens (tertiary/aromatic N) is 1. The second kappa shape index (κ2) is 10.6. The zero-order valence-electron chi connectivity index (χ0n) is 18.1. The van der Waals surface area contributed by atoms with Crippen LogP contribution in [0.5, 0.6) is 5.75 Å². The van der Waals surface area contributed by atoms with Gasteiger partial charge in [0.15, 0.2) is 6.79 Å². The van der Waals surface area contributed by atoms with Crippen LogP contribution in [0.3, 0.4) is 0 Å². The summed E-state index contributed by atoms with van der Waals surface area (Å²) < 4.78 is 43.2. The molecule has 0 aromatic heterocycles. The molecule has 0 saturated carbocycles. The van der Waals surface area contributed by atoms with Crippen LogP contribution in [0.15, 0.2) is 47.9 Å². The van der Waals surface area contributed by atoms with Gasteiger partial charge < -0.3 is 14.2 Å². The quantitative estimate of drug-likeness (QED) is 0.331.